The molecule has 0 amide bonds. The van der Waals surface area contributed by atoms with E-state index >= 15 is 0 Å². The zero-order chi connectivity index (χ0) is 15.9. The molecule has 3 rings (SSSR count). The molecule has 1 unspecified atom stereocenters. The Morgan fingerprint density at radius 3 is 2.68 bits per heavy atom. The zero-order valence-electron chi connectivity index (χ0n) is 12.3. The molecule has 116 valence electrons. The first-order valence-corrected chi connectivity index (χ1v) is 8.38. The third-order valence-electron chi connectivity index (χ3n) is 3.59. The lowest BCUT2D eigenvalue weighted by Crippen LogP contribution is -2.42. The Bertz CT molecular complexity index is 820. The molecule has 0 aromatic heterocycles. The number of benzene rings is 2. The van der Waals surface area contributed by atoms with E-state index in [4.69, 9.17) is 4.74 Å². The molecule has 1 aliphatic rings. The molecule has 0 N–H and O–H groups in total. The van der Waals surface area contributed by atoms with Gasteiger partial charge in [-0.2, -0.15) is 0 Å². The normalized spacial score (nSPS) is 17.8. The number of para-hydroxylation sites is 2. The highest BCUT2D eigenvalue weighted by Gasteiger charge is 2.33. The van der Waals surface area contributed by atoms with Gasteiger partial charge in [0.25, 0.3) is 10.0 Å². The molecule has 0 fully saturated rings. The molecule has 0 spiro atoms. The monoisotopic (exact) mass is 321 g/mol. The van der Waals surface area contributed by atoms with Gasteiger partial charge in [0.1, 0.15) is 17.7 Å². The molecule has 4 nitrogen and oxygen atoms in total. The van der Waals surface area contributed by atoms with E-state index in [0.29, 0.717) is 17.0 Å². The van der Waals surface area contributed by atoms with Crippen molar-refractivity contribution >= 4 is 15.7 Å². The van der Waals surface area contributed by atoms with Crippen LogP contribution in [0.2, 0.25) is 0 Å². The van der Waals surface area contributed by atoms with Crippen LogP contribution in [0.15, 0.2) is 47.4 Å². The maximum atomic E-state index is 13.3. The number of rotatable bonds is 2. The van der Waals surface area contributed by atoms with E-state index in [0.717, 1.165) is 6.07 Å². The fourth-order valence-corrected chi connectivity index (χ4v) is 4.36. The lowest BCUT2D eigenvalue weighted by molar-refractivity contribution is 0.219. The van der Waals surface area contributed by atoms with Gasteiger partial charge in [0, 0.05) is 0 Å². The second kappa shape index (κ2) is 5.28. The molecular formula is C16H16FNO3S. The van der Waals surface area contributed by atoms with E-state index in [1.165, 1.54) is 16.4 Å². The van der Waals surface area contributed by atoms with Gasteiger partial charge in [-0.25, -0.2) is 12.8 Å². The number of aryl methyl sites for hydroxylation is 1. The van der Waals surface area contributed by atoms with Gasteiger partial charge in [-0.1, -0.05) is 12.1 Å². The van der Waals surface area contributed by atoms with E-state index in [-0.39, 0.29) is 17.5 Å². The summed E-state index contributed by atoms with van der Waals surface area (Å²) in [6, 6.07) is 10.7. The second-order valence-electron chi connectivity index (χ2n) is 5.34. The number of hydrogen-bond acceptors (Lipinski definition) is 3. The Hall–Kier alpha value is -2.08. The van der Waals surface area contributed by atoms with Crippen molar-refractivity contribution in [3.63, 3.8) is 0 Å². The summed E-state index contributed by atoms with van der Waals surface area (Å²) in [6.45, 7) is 3.62. The number of hydrogen-bond donors (Lipinski definition) is 0. The summed E-state index contributed by atoms with van der Waals surface area (Å²) < 4.78 is 46.2. The summed E-state index contributed by atoms with van der Waals surface area (Å²) in [7, 11) is -3.77. The van der Waals surface area contributed by atoms with Gasteiger partial charge >= 0.3 is 0 Å². The first-order valence-electron chi connectivity index (χ1n) is 6.94. The maximum Gasteiger partial charge on any atom is 0.264 e. The molecule has 0 saturated heterocycles. The highest BCUT2D eigenvalue weighted by atomic mass is 32.2. The van der Waals surface area contributed by atoms with E-state index in [9.17, 15) is 12.8 Å². The second-order valence-corrected chi connectivity index (χ2v) is 7.17. The summed E-state index contributed by atoms with van der Waals surface area (Å²) in [5, 5.41) is 0. The lowest BCUT2D eigenvalue weighted by Gasteiger charge is -2.34. The topological polar surface area (TPSA) is 46.6 Å². The van der Waals surface area contributed by atoms with Crippen molar-refractivity contribution in [2.24, 2.45) is 0 Å². The molecule has 0 saturated carbocycles. The van der Waals surface area contributed by atoms with Crippen molar-refractivity contribution in [1.29, 1.82) is 0 Å². The maximum absolute atomic E-state index is 13.3. The SMILES string of the molecule is Cc1cc(F)ccc1S(=O)(=O)N1CC(C)Oc2ccccc21. The standard InChI is InChI=1S/C16H16FNO3S/c1-11-9-13(17)7-8-16(11)22(19,20)18-10-12(2)21-15-6-4-3-5-14(15)18/h3-9,12H,10H2,1-2H3. The van der Waals surface area contributed by atoms with Crippen molar-refractivity contribution in [2.45, 2.75) is 24.8 Å². The van der Waals surface area contributed by atoms with Crippen molar-refractivity contribution < 1.29 is 17.5 Å². The van der Waals surface area contributed by atoms with Gasteiger partial charge in [-0.15, -0.1) is 0 Å². The van der Waals surface area contributed by atoms with Gasteiger partial charge in [0.15, 0.2) is 0 Å². The largest absolute Gasteiger partial charge is 0.487 e. The van der Waals surface area contributed by atoms with Gasteiger partial charge in [-0.05, 0) is 49.7 Å². The average molecular weight is 321 g/mol. The highest BCUT2D eigenvalue weighted by molar-refractivity contribution is 7.92. The van der Waals surface area contributed by atoms with Crippen LogP contribution in [0, 0.1) is 12.7 Å². The molecule has 2 aromatic rings. The Balaban J connectivity index is 2.13. The number of fused-ring (bicyclic) bond motifs is 1. The van der Waals surface area contributed by atoms with Crippen LogP contribution in [-0.2, 0) is 10.0 Å². The van der Waals surface area contributed by atoms with Crippen LogP contribution in [0.4, 0.5) is 10.1 Å². The summed E-state index contributed by atoms with van der Waals surface area (Å²) in [5.74, 6) is 0.0804. The molecule has 1 heterocycles. The van der Waals surface area contributed by atoms with Crippen molar-refractivity contribution in [2.75, 3.05) is 10.8 Å². The summed E-state index contributed by atoms with van der Waals surface area (Å²) >= 11 is 0. The quantitative estimate of drug-likeness (QED) is 0.854. The molecule has 1 aliphatic heterocycles. The minimum Gasteiger partial charge on any atom is -0.487 e. The summed E-state index contributed by atoms with van der Waals surface area (Å²) in [6.07, 6.45) is -0.259. The fourth-order valence-electron chi connectivity index (χ4n) is 2.60. The Kier molecular flexibility index (Phi) is 3.56. The molecule has 1 atom stereocenters. The predicted molar refractivity (Wildman–Crippen MR) is 82.2 cm³/mol. The van der Waals surface area contributed by atoms with Gasteiger partial charge < -0.3 is 4.74 Å². The highest BCUT2D eigenvalue weighted by Crippen LogP contribution is 2.37. The molecule has 22 heavy (non-hydrogen) atoms. The van der Waals surface area contributed by atoms with E-state index < -0.39 is 15.8 Å². The minimum absolute atomic E-state index is 0.109. The lowest BCUT2D eigenvalue weighted by atomic mass is 10.2. The van der Waals surface area contributed by atoms with Crippen LogP contribution in [0.5, 0.6) is 5.75 Å². The van der Waals surface area contributed by atoms with Gasteiger partial charge in [0.2, 0.25) is 0 Å². The van der Waals surface area contributed by atoms with E-state index in [1.54, 1.807) is 31.2 Å². The number of sulfonamides is 1. The number of anilines is 1. The summed E-state index contributed by atoms with van der Waals surface area (Å²) in [4.78, 5) is 0.109. The fraction of sp³-hybridized carbons (Fsp3) is 0.250. The van der Waals surface area contributed by atoms with Crippen molar-refractivity contribution in [3.8, 4) is 5.75 Å². The van der Waals surface area contributed by atoms with Crippen LogP contribution in [0.3, 0.4) is 0 Å². The Labute approximate surface area is 129 Å². The summed E-state index contributed by atoms with van der Waals surface area (Å²) in [5.41, 5.74) is 0.890. The van der Waals surface area contributed by atoms with Crippen LogP contribution in [-0.4, -0.2) is 21.1 Å². The Morgan fingerprint density at radius 1 is 1.23 bits per heavy atom. The van der Waals surface area contributed by atoms with Crippen LogP contribution >= 0.6 is 0 Å². The van der Waals surface area contributed by atoms with Crippen molar-refractivity contribution in [1.82, 2.24) is 0 Å². The predicted octanol–water partition coefficient (Wildman–Crippen LogP) is 3.11. The number of ether oxygens (including phenoxy) is 1. The van der Waals surface area contributed by atoms with Gasteiger partial charge in [0.05, 0.1) is 17.1 Å². The molecule has 0 aliphatic carbocycles. The molecule has 0 bridgehead atoms. The molecule has 2 aromatic carbocycles. The third kappa shape index (κ3) is 2.43. The smallest absolute Gasteiger partial charge is 0.264 e. The van der Waals surface area contributed by atoms with Gasteiger partial charge in [-0.3, -0.25) is 4.31 Å². The minimum atomic E-state index is -3.77. The van der Waals surface area contributed by atoms with Crippen molar-refractivity contribution in [3.05, 3.63) is 53.8 Å². The Morgan fingerprint density at radius 2 is 1.95 bits per heavy atom. The zero-order valence-corrected chi connectivity index (χ0v) is 13.1. The van der Waals surface area contributed by atoms with Crippen LogP contribution in [0.25, 0.3) is 0 Å². The number of nitrogens with zero attached hydrogens (tertiary/aromatic N) is 1. The molecule has 0 radical (unpaired) electrons. The van der Waals surface area contributed by atoms with Crippen LogP contribution in [0.1, 0.15) is 12.5 Å². The first-order chi connectivity index (χ1) is 10.4. The molecule has 6 heteroatoms. The average Bonchev–Trinajstić information content (AvgIpc) is 2.45. The third-order valence-corrected chi connectivity index (χ3v) is 5.53. The van der Waals surface area contributed by atoms with E-state index in [1.807, 2.05) is 6.92 Å². The molecular weight excluding hydrogens is 305 g/mol. The van der Waals surface area contributed by atoms with E-state index in [2.05, 4.69) is 0 Å². The number of halogens is 1. The van der Waals surface area contributed by atoms with Crippen LogP contribution < -0.4 is 9.04 Å². The first kappa shape index (κ1) is 14.8.